The number of unbranched alkanes of at least 4 members (excludes halogenated alkanes) is 3. The lowest BCUT2D eigenvalue weighted by Crippen LogP contribution is -2.49. The minimum Gasteiger partial charge on any atom is -0.301 e. The fourth-order valence-corrected chi connectivity index (χ4v) is 3.26. The largest absolute Gasteiger partial charge is 0.301 e. The highest BCUT2D eigenvalue weighted by molar-refractivity contribution is 7.89. The maximum Gasteiger partial charge on any atom is 0.213 e. The van der Waals surface area contributed by atoms with Crippen molar-refractivity contribution in [2.75, 3.05) is 38.5 Å². The van der Waals surface area contributed by atoms with Crippen LogP contribution in [0.3, 0.4) is 0 Å². The van der Waals surface area contributed by atoms with Gasteiger partial charge in [-0.1, -0.05) is 26.2 Å². The summed E-state index contributed by atoms with van der Waals surface area (Å²) >= 11 is 0. The second-order valence-corrected chi connectivity index (χ2v) is 6.96. The molecule has 0 spiro atoms. The maximum absolute atomic E-state index is 11.7. The quantitative estimate of drug-likeness (QED) is 0.653. The molecule has 102 valence electrons. The van der Waals surface area contributed by atoms with Crippen molar-refractivity contribution in [3.63, 3.8) is 0 Å². The molecule has 0 aliphatic carbocycles. The Labute approximate surface area is 106 Å². The van der Waals surface area contributed by atoms with E-state index in [4.69, 9.17) is 0 Å². The van der Waals surface area contributed by atoms with Crippen molar-refractivity contribution in [2.45, 2.75) is 39.5 Å². The molecule has 5 heteroatoms. The number of hydrogen-bond acceptors (Lipinski definition) is 3. The second kappa shape index (κ2) is 7.34. The molecule has 0 aromatic carbocycles. The molecule has 1 saturated heterocycles. The van der Waals surface area contributed by atoms with Crippen molar-refractivity contribution in [1.82, 2.24) is 9.21 Å². The van der Waals surface area contributed by atoms with Crippen molar-refractivity contribution in [2.24, 2.45) is 0 Å². The van der Waals surface area contributed by atoms with Gasteiger partial charge in [0.15, 0.2) is 0 Å². The molecule has 0 atom stereocenters. The Balaban J connectivity index is 2.22. The van der Waals surface area contributed by atoms with Gasteiger partial charge in [0.1, 0.15) is 0 Å². The van der Waals surface area contributed by atoms with Gasteiger partial charge in [-0.25, -0.2) is 8.42 Å². The highest BCUT2D eigenvalue weighted by atomic mass is 32.2. The van der Waals surface area contributed by atoms with Crippen LogP contribution in [-0.2, 0) is 10.0 Å². The van der Waals surface area contributed by atoms with Crippen molar-refractivity contribution in [3.05, 3.63) is 0 Å². The van der Waals surface area contributed by atoms with Crippen molar-refractivity contribution >= 4 is 10.0 Å². The topological polar surface area (TPSA) is 40.6 Å². The highest BCUT2D eigenvalue weighted by Crippen LogP contribution is 2.09. The van der Waals surface area contributed by atoms with Gasteiger partial charge in [-0.15, -0.1) is 0 Å². The summed E-state index contributed by atoms with van der Waals surface area (Å²) < 4.78 is 25.0. The van der Waals surface area contributed by atoms with Crippen LogP contribution < -0.4 is 0 Å². The van der Waals surface area contributed by atoms with Gasteiger partial charge in [-0.2, -0.15) is 4.31 Å². The lowest BCUT2D eigenvalue weighted by atomic mass is 10.2. The first-order chi connectivity index (χ1) is 8.10. The molecular weight excluding hydrogens is 236 g/mol. The lowest BCUT2D eigenvalue weighted by Gasteiger charge is -2.33. The van der Waals surface area contributed by atoms with E-state index < -0.39 is 10.0 Å². The van der Waals surface area contributed by atoms with Gasteiger partial charge >= 0.3 is 0 Å². The molecule has 0 unspecified atom stereocenters. The number of nitrogens with zero attached hydrogens (tertiary/aromatic N) is 2. The third kappa shape index (κ3) is 4.94. The van der Waals surface area contributed by atoms with Gasteiger partial charge in [0.2, 0.25) is 10.0 Å². The van der Waals surface area contributed by atoms with Crippen LogP contribution in [0, 0.1) is 0 Å². The first-order valence-corrected chi connectivity index (χ1v) is 8.41. The summed E-state index contributed by atoms with van der Waals surface area (Å²) in [6.45, 7) is 8.19. The fourth-order valence-electron chi connectivity index (χ4n) is 2.18. The van der Waals surface area contributed by atoms with Crippen LogP contribution in [0.4, 0.5) is 0 Å². The summed E-state index contributed by atoms with van der Waals surface area (Å²) in [6, 6.07) is 0. The van der Waals surface area contributed by atoms with Crippen molar-refractivity contribution in [1.29, 1.82) is 0 Å². The summed E-state index contributed by atoms with van der Waals surface area (Å²) in [5, 5.41) is 0. The SMILES string of the molecule is CCCCCCN1CCN(S(=O)(=O)CC)CC1. The molecule has 1 rings (SSSR count). The van der Waals surface area contributed by atoms with Crippen molar-refractivity contribution in [3.8, 4) is 0 Å². The van der Waals surface area contributed by atoms with E-state index in [9.17, 15) is 8.42 Å². The molecule has 0 amide bonds. The summed E-state index contributed by atoms with van der Waals surface area (Å²) in [4.78, 5) is 2.39. The van der Waals surface area contributed by atoms with E-state index in [2.05, 4.69) is 11.8 Å². The Bertz CT molecular complexity index is 296. The van der Waals surface area contributed by atoms with Crippen LogP contribution in [-0.4, -0.2) is 56.1 Å². The fraction of sp³-hybridized carbons (Fsp3) is 1.00. The number of piperazine rings is 1. The van der Waals surface area contributed by atoms with Crippen LogP contribution in [0.25, 0.3) is 0 Å². The molecule has 0 N–H and O–H groups in total. The molecule has 0 radical (unpaired) electrons. The van der Waals surface area contributed by atoms with Crippen LogP contribution >= 0.6 is 0 Å². The molecule has 0 saturated carbocycles. The summed E-state index contributed by atoms with van der Waals surface area (Å²) in [6.07, 6.45) is 5.12. The molecule has 17 heavy (non-hydrogen) atoms. The van der Waals surface area contributed by atoms with E-state index in [0.717, 1.165) is 19.6 Å². The smallest absolute Gasteiger partial charge is 0.213 e. The molecule has 1 heterocycles. The molecule has 0 aromatic rings. The van der Waals surface area contributed by atoms with E-state index in [1.165, 1.54) is 25.7 Å². The van der Waals surface area contributed by atoms with Gasteiger partial charge in [-0.05, 0) is 19.9 Å². The predicted molar refractivity (Wildman–Crippen MR) is 71.6 cm³/mol. The second-order valence-electron chi connectivity index (χ2n) is 4.70. The zero-order valence-corrected chi connectivity index (χ0v) is 12.0. The first-order valence-electron chi connectivity index (χ1n) is 6.80. The Morgan fingerprint density at radius 3 is 2.12 bits per heavy atom. The molecule has 1 aliphatic rings. The summed E-state index contributed by atoms with van der Waals surface area (Å²) in [7, 11) is -2.97. The van der Waals surface area contributed by atoms with Crippen molar-refractivity contribution < 1.29 is 8.42 Å². The molecule has 4 nitrogen and oxygen atoms in total. The van der Waals surface area contributed by atoms with Gasteiger partial charge in [-0.3, -0.25) is 0 Å². The van der Waals surface area contributed by atoms with E-state index in [1.54, 1.807) is 11.2 Å². The van der Waals surface area contributed by atoms with Gasteiger partial charge < -0.3 is 4.90 Å². The van der Waals surface area contributed by atoms with E-state index >= 15 is 0 Å². The lowest BCUT2D eigenvalue weighted by molar-refractivity contribution is 0.185. The summed E-state index contributed by atoms with van der Waals surface area (Å²) in [5.41, 5.74) is 0. The molecule has 1 fully saturated rings. The zero-order chi connectivity index (χ0) is 12.7. The van der Waals surface area contributed by atoms with Crippen LogP contribution in [0.1, 0.15) is 39.5 Å². The van der Waals surface area contributed by atoms with Gasteiger partial charge in [0.25, 0.3) is 0 Å². The first kappa shape index (κ1) is 14.9. The predicted octanol–water partition coefficient (Wildman–Crippen LogP) is 1.53. The van der Waals surface area contributed by atoms with Gasteiger partial charge in [0.05, 0.1) is 5.75 Å². The normalized spacial score (nSPS) is 19.6. The zero-order valence-electron chi connectivity index (χ0n) is 11.2. The Kier molecular flexibility index (Phi) is 6.44. The Hall–Kier alpha value is -0.130. The average Bonchev–Trinajstić information content (AvgIpc) is 2.35. The molecule has 1 aliphatic heterocycles. The molecule has 0 bridgehead atoms. The molecule has 0 aromatic heterocycles. The van der Waals surface area contributed by atoms with Crippen LogP contribution in [0.2, 0.25) is 0 Å². The Morgan fingerprint density at radius 2 is 1.59 bits per heavy atom. The highest BCUT2D eigenvalue weighted by Gasteiger charge is 2.24. The van der Waals surface area contributed by atoms with E-state index in [1.807, 2.05) is 0 Å². The standard InChI is InChI=1S/C12H26N2O2S/c1-3-5-6-7-8-13-9-11-14(12-10-13)17(15,16)4-2/h3-12H2,1-2H3. The van der Waals surface area contributed by atoms with E-state index in [0.29, 0.717) is 13.1 Å². The third-order valence-corrected chi connectivity index (χ3v) is 5.30. The molecular formula is C12H26N2O2S. The number of rotatable bonds is 7. The summed E-state index contributed by atoms with van der Waals surface area (Å²) in [5.74, 6) is 0.226. The van der Waals surface area contributed by atoms with Crippen LogP contribution in [0.5, 0.6) is 0 Å². The average molecular weight is 262 g/mol. The van der Waals surface area contributed by atoms with E-state index in [-0.39, 0.29) is 5.75 Å². The van der Waals surface area contributed by atoms with Gasteiger partial charge in [0, 0.05) is 26.2 Å². The minimum absolute atomic E-state index is 0.226. The third-order valence-electron chi connectivity index (χ3n) is 3.42. The number of sulfonamides is 1. The number of hydrogen-bond donors (Lipinski definition) is 0. The monoisotopic (exact) mass is 262 g/mol. The van der Waals surface area contributed by atoms with Crippen LogP contribution in [0.15, 0.2) is 0 Å². The maximum atomic E-state index is 11.7. The Morgan fingerprint density at radius 1 is 0.941 bits per heavy atom. The minimum atomic E-state index is -2.97.